The first-order valence-corrected chi connectivity index (χ1v) is 18.3. The largest absolute Gasteiger partial charge is 0.468 e. The van der Waals surface area contributed by atoms with E-state index in [2.05, 4.69) is 14.5 Å². The summed E-state index contributed by atoms with van der Waals surface area (Å²) in [5.74, 6) is -3.28. The minimum Gasteiger partial charge on any atom is -0.468 e. The third-order valence-electron chi connectivity index (χ3n) is 7.18. The van der Waals surface area contributed by atoms with Crippen molar-refractivity contribution >= 4 is 75.6 Å². The number of esters is 3. The maximum absolute atomic E-state index is 14.3. The number of hydrogen-bond donors (Lipinski definition) is 0. The Bertz CT molecular complexity index is 2230. The van der Waals surface area contributed by atoms with Crippen LogP contribution in [0, 0.1) is 15.9 Å². The van der Waals surface area contributed by atoms with E-state index in [-0.39, 0.29) is 44.5 Å². The zero-order valence-electron chi connectivity index (χ0n) is 28.5. The Morgan fingerprint density at radius 3 is 2.35 bits per heavy atom. The Labute approximate surface area is 326 Å². The number of thioether (sulfide) groups is 1. The number of methoxy groups -OCH3 is 1. The molecular weight excluding hydrogens is 823 g/mol. The van der Waals surface area contributed by atoms with Crippen LogP contribution in [0.25, 0.3) is 0 Å². The van der Waals surface area contributed by atoms with E-state index in [0.717, 1.165) is 72.3 Å². The highest BCUT2D eigenvalue weighted by Crippen LogP contribution is 2.37. The molecule has 1 aliphatic rings. The van der Waals surface area contributed by atoms with Crippen LogP contribution < -0.4 is 14.4 Å². The number of nitro benzene ring substituents is 1. The van der Waals surface area contributed by atoms with Crippen molar-refractivity contribution in [1.29, 1.82) is 0 Å². The van der Waals surface area contributed by atoms with Crippen molar-refractivity contribution in [2.24, 2.45) is 4.99 Å². The minimum atomic E-state index is -4.61. The van der Waals surface area contributed by atoms with Crippen molar-refractivity contribution in [3.05, 3.63) is 100 Å². The molecule has 22 heteroatoms. The standard InChI is InChI=1S/C18H13ClF3NO7.C15H15ClFN3O3S2/c1-2-28-16(24)9-29-17(25)12-8-11(4-5-14(12)23(26)27)30-15-6-3-10(7-13(15)19)18(20,21)22;1-23-13(21)8-24-12-7-11(10(17)6-9(12)16)18-14-19-4-2-3-5-20(19)15(22)25-14/h3-8H,2,9H2,1H3;6-7H,2-5,8H2,1H3/b;18-14-. The van der Waals surface area contributed by atoms with Crippen molar-refractivity contribution in [2.75, 3.05) is 26.1 Å². The highest BCUT2D eigenvalue weighted by molar-refractivity contribution is 8.00. The molecule has 14 nitrogen and oxygen atoms in total. The van der Waals surface area contributed by atoms with E-state index >= 15 is 0 Å². The molecule has 2 heterocycles. The van der Waals surface area contributed by atoms with Crippen LogP contribution in [0.5, 0.6) is 11.5 Å². The Morgan fingerprint density at radius 2 is 1.71 bits per heavy atom. The van der Waals surface area contributed by atoms with Gasteiger partial charge in [-0.25, -0.2) is 23.7 Å². The Morgan fingerprint density at radius 1 is 1.00 bits per heavy atom. The van der Waals surface area contributed by atoms with E-state index in [9.17, 15) is 46.9 Å². The van der Waals surface area contributed by atoms with Crippen LogP contribution >= 0.6 is 46.3 Å². The summed E-state index contributed by atoms with van der Waals surface area (Å²) in [5.41, 5.74) is -2.08. The molecule has 0 radical (unpaired) electrons. The number of carbonyl (C=O) groups excluding carboxylic acids is 3. The van der Waals surface area contributed by atoms with E-state index in [1.165, 1.54) is 20.1 Å². The van der Waals surface area contributed by atoms with Gasteiger partial charge in [0.2, 0.25) is 4.80 Å². The van der Waals surface area contributed by atoms with E-state index < -0.39 is 58.2 Å². The molecule has 0 fully saturated rings. The Kier molecular flexibility index (Phi) is 14.9. The number of carbonyl (C=O) groups is 3. The lowest BCUT2D eigenvalue weighted by Crippen LogP contribution is -2.31. The molecule has 294 valence electrons. The van der Waals surface area contributed by atoms with Crippen LogP contribution in [0.15, 0.2) is 63.2 Å². The number of halogens is 6. The molecule has 3 aromatic carbocycles. The molecule has 1 aromatic heterocycles. The van der Waals surface area contributed by atoms with Gasteiger partial charge in [-0.2, -0.15) is 13.2 Å². The van der Waals surface area contributed by atoms with Gasteiger partial charge in [-0.15, -0.1) is 11.8 Å². The SMILES string of the molecule is CCOC(=O)COC(=O)c1cc(Oc2ccc(C(F)(F)F)cc2Cl)ccc1[N+](=O)[O-].COC(=O)CSc1cc(/N=c2\sc(=O)n3n2CCCC3)c(F)cc1Cl. The number of nitro groups is 1. The average Bonchev–Trinajstić information content (AvgIpc) is 3.46. The zero-order valence-corrected chi connectivity index (χ0v) is 31.7. The monoisotopic (exact) mass is 850 g/mol. The third kappa shape index (κ3) is 11.5. The number of hydrogen-bond acceptors (Lipinski definition) is 13. The highest BCUT2D eigenvalue weighted by Gasteiger charge is 2.31. The summed E-state index contributed by atoms with van der Waals surface area (Å²) in [5, 5.41) is 11.0. The van der Waals surface area contributed by atoms with Crippen LogP contribution in [0.2, 0.25) is 10.0 Å². The van der Waals surface area contributed by atoms with Crippen molar-refractivity contribution in [3.8, 4) is 11.5 Å². The van der Waals surface area contributed by atoms with Gasteiger partial charge < -0.3 is 18.9 Å². The summed E-state index contributed by atoms with van der Waals surface area (Å²) >= 11 is 14.0. The number of rotatable bonds is 11. The minimum absolute atomic E-state index is 0.0493. The molecule has 0 atom stereocenters. The molecule has 0 saturated heterocycles. The smallest absolute Gasteiger partial charge is 0.416 e. The number of benzene rings is 3. The Balaban J connectivity index is 0.000000248. The second-order valence-electron chi connectivity index (χ2n) is 10.9. The quantitative estimate of drug-likeness (QED) is 0.0364. The lowest BCUT2D eigenvalue weighted by Gasteiger charge is -2.15. The molecule has 0 unspecified atom stereocenters. The predicted molar refractivity (Wildman–Crippen MR) is 192 cm³/mol. The Hall–Kier alpha value is -4.92. The van der Waals surface area contributed by atoms with Crippen LogP contribution in [0.4, 0.5) is 28.9 Å². The summed E-state index contributed by atoms with van der Waals surface area (Å²) in [6.45, 7) is 2.15. The molecular formula is C33H28Cl2F4N4O10S2. The van der Waals surface area contributed by atoms with Gasteiger partial charge >= 0.3 is 29.0 Å². The first-order valence-electron chi connectivity index (χ1n) is 15.7. The number of ether oxygens (including phenoxy) is 4. The van der Waals surface area contributed by atoms with Gasteiger partial charge in [0.05, 0.1) is 40.0 Å². The molecule has 1 aliphatic heterocycles. The summed E-state index contributed by atoms with van der Waals surface area (Å²) in [4.78, 5) is 62.3. The van der Waals surface area contributed by atoms with Crippen molar-refractivity contribution in [1.82, 2.24) is 9.36 Å². The van der Waals surface area contributed by atoms with Crippen molar-refractivity contribution in [3.63, 3.8) is 0 Å². The van der Waals surface area contributed by atoms with E-state index in [0.29, 0.717) is 28.9 Å². The van der Waals surface area contributed by atoms with Gasteiger partial charge in [0.25, 0.3) is 5.69 Å². The lowest BCUT2D eigenvalue weighted by molar-refractivity contribution is -0.385. The van der Waals surface area contributed by atoms with E-state index in [4.69, 9.17) is 32.7 Å². The number of aromatic nitrogens is 2. The average molecular weight is 852 g/mol. The fourth-order valence-corrected chi connectivity index (χ4v) is 6.83. The van der Waals surface area contributed by atoms with E-state index in [1.54, 1.807) is 9.36 Å². The van der Waals surface area contributed by atoms with Gasteiger partial charge in [-0.05, 0) is 67.5 Å². The van der Waals surface area contributed by atoms with Crippen molar-refractivity contribution < 1.29 is 55.8 Å². The maximum atomic E-state index is 14.3. The molecule has 0 bridgehead atoms. The van der Waals surface area contributed by atoms with Crippen LogP contribution in [-0.2, 0) is 43.1 Å². The second-order valence-corrected chi connectivity index (χ2v) is 13.6. The topological polar surface area (TPSA) is 171 Å². The van der Waals surface area contributed by atoms with Crippen molar-refractivity contribution in [2.45, 2.75) is 43.9 Å². The summed E-state index contributed by atoms with van der Waals surface area (Å²) in [6.07, 6.45) is -2.71. The normalized spacial score (nSPS) is 12.5. The summed E-state index contributed by atoms with van der Waals surface area (Å²) in [7, 11) is 1.30. The molecule has 55 heavy (non-hydrogen) atoms. The molecule has 4 aromatic rings. The van der Waals surface area contributed by atoms with E-state index in [1.807, 2.05) is 0 Å². The molecule has 0 aliphatic carbocycles. The maximum Gasteiger partial charge on any atom is 0.416 e. The zero-order chi connectivity index (χ0) is 40.4. The lowest BCUT2D eigenvalue weighted by atomic mass is 10.1. The fourth-order valence-electron chi connectivity index (χ4n) is 4.62. The summed E-state index contributed by atoms with van der Waals surface area (Å²) < 4.78 is 75.0. The third-order valence-corrected chi connectivity index (χ3v) is 9.80. The van der Waals surface area contributed by atoms with Crippen LogP contribution in [0.1, 0.15) is 35.7 Å². The summed E-state index contributed by atoms with van der Waals surface area (Å²) in [6, 6.07) is 8.00. The molecule has 0 saturated carbocycles. The second kappa shape index (κ2) is 19.1. The number of alkyl halides is 3. The fraction of sp³-hybridized carbons (Fsp3) is 0.303. The number of fused-ring (bicyclic) bond motifs is 1. The van der Waals surface area contributed by atoms with Gasteiger partial charge in [-0.1, -0.05) is 23.2 Å². The molecule has 5 rings (SSSR count). The molecule has 0 N–H and O–H groups in total. The highest BCUT2D eigenvalue weighted by atomic mass is 35.5. The van der Waals surface area contributed by atoms with Gasteiger partial charge in [0.1, 0.15) is 28.6 Å². The van der Waals surface area contributed by atoms with Gasteiger partial charge in [0.15, 0.2) is 6.61 Å². The predicted octanol–water partition coefficient (Wildman–Crippen LogP) is 7.57. The molecule has 0 spiro atoms. The van der Waals surface area contributed by atoms with Crippen LogP contribution in [-0.4, -0.2) is 58.3 Å². The van der Waals surface area contributed by atoms with Gasteiger partial charge in [-0.3, -0.25) is 24.4 Å². The van der Waals surface area contributed by atoms with Crippen LogP contribution in [0.3, 0.4) is 0 Å². The van der Waals surface area contributed by atoms with Gasteiger partial charge in [0, 0.05) is 30.1 Å². The number of nitrogens with zero attached hydrogens (tertiary/aromatic N) is 4. The first kappa shape index (κ1) is 42.8. The molecule has 0 amide bonds. The first-order chi connectivity index (χ1) is 26.0.